The Hall–Kier alpha value is -2.15. The highest BCUT2D eigenvalue weighted by Gasteiger charge is 2.30. The van der Waals surface area contributed by atoms with E-state index in [4.69, 9.17) is 9.73 Å². The van der Waals surface area contributed by atoms with Crippen LogP contribution < -0.4 is 4.74 Å². The Labute approximate surface area is 156 Å². The molecule has 1 aromatic rings. The minimum absolute atomic E-state index is 0.169. The Morgan fingerprint density at radius 1 is 1.27 bits per heavy atom. The Bertz CT molecular complexity index is 763. The zero-order valence-corrected chi connectivity index (χ0v) is 16.1. The Morgan fingerprint density at radius 2 is 1.96 bits per heavy atom. The van der Waals surface area contributed by atoms with Crippen LogP contribution in [0.3, 0.4) is 0 Å². The number of carbonyl (C=O) groups is 1. The van der Waals surface area contributed by atoms with Gasteiger partial charge in [-0.15, -0.1) is 0 Å². The number of hydrogen-bond donors (Lipinski definition) is 0. The van der Waals surface area contributed by atoms with Crippen LogP contribution in [-0.4, -0.2) is 24.1 Å². The first-order valence-corrected chi connectivity index (χ1v) is 9.66. The van der Waals surface area contributed by atoms with Crippen molar-refractivity contribution < 1.29 is 9.53 Å². The highest BCUT2D eigenvalue weighted by molar-refractivity contribution is 6.13. The lowest BCUT2D eigenvalue weighted by molar-refractivity contribution is -0.122. The van der Waals surface area contributed by atoms with Crippen LogP contribution in [0.5, 0.6) is 5.75 Å². The number of aliphatic imine (C=N–C) groups is 1. The first-order valence-electron chi connectivity index (χ1n) is 9.66. The van der Waals surface area contributed by atoms with E-state index in [1.165, 1.54) is 12.8 Å². The van der Waals surface area contributed by atoms with E-state index in [2.05, 4.69) is 19.9 Å². The van der Waals surface area contributed by atoms with Gasteiger partial charge >= 0.3 is 0 Å². The van der Waals surface area contributed by atoms with Gasteiger partial charge in [-0.2, -0.15) is 5.26 Å². The van der Waals surface area contributed by atoms with Gasteiger partial charge in [-0.1, -0.05) is 25.7 Å². The molecule has 0 saturated heterocycles. The van der Waals surface area contributed by atoms with E-state index in [1.54, 1.807) is 7.11 Å². The second-order valence-electron chi connectivity index (χ2n) is 8.20. The summed E-state index contributed by atoms with van der Waals surface area (Å²) in [5.41, 5.74) is 3.16. The predicted octanol–water partition coefficient (Wildman–Crippen LogP) is 4.62. The van der Waals surface area contributed by atoms with E-state index in [0.29, 0.717) is 23.5 Å². The summed E-state index contributed by atoms with van der Waals surface area (Å²) in [6, 6.07) is 5.99. The van der Waals surface area contributed by atoms with Crippen molar-refractivity contribution in [2.75, 3.05) is 7.11 Å². The predicted molar refractivity (Wildman–Crippen MR) is 103 cm³/mol. The molecule has 0 unspecified atom stereocenters. The van der Waals surface area contributed by atoms with Gasteiger partial charge in [0.25, 0.3) is 0 Å². The van der Waals surface area contributed by atoms with E-state index < -0.39 is 0 Å². The smallest absolute Gasteiger partial charge is 0.141 e. The van der Waals surface area contributed by atoms with Crippen LogP contribution in [0.4, 0.5) is 0 Å². The maximum atomic E-state index is 12.9. The van der Waals surface area contributed by atoms with E-state index in [-0.39, 0.29) is 11.5 Å². The van der Waals surface area contributed by atoms with Crippen LogP contribution in [-0.2, 0) is 11.2 Å². The zero-order valence-electron chi connectivity index (χ0n) is 16.1. The SMILES string of the molecule is COc1cc2c(cc1C#N)C(CC(=O)C1CCCCCC1)=NC(C)(C)C2. The Kier molecular flexibility index (Phi) is 5.46. The Balaban J connectivity index is 1.92. The maximum absolute atomic E-state index is 12.9. The average Bonchev–Trinajstić information content (AvgIpc) is 2.89. The first-order chi connectivity index (χ1) is 12.4. The number of ether oxygens (including phenoxy) is 1. The lowest BCUT2D eigenvalue weighted by atomic mass is 9.83. The second-order valence-corrected chi connectivity index (χ2v) is 8.20. The second kappa shape index (κ2) is 7.61. The molecule has 0 spiro atoms. The third-order valence-corrected chi connectivity index (χ3v) is 5.57. The summed E-state index contributed by atoms with van der Waals surface area (Å²) in [4.78, 5) is 17.8. The molecule has 1 saturated carbocycles. The van der Waals surface area contributed by atoms with E-state index in [1.807, 2.05) is 12.1 Å². The molecular formula is C22H28N2O2. The van der Waals surface area contributed by atoms with Gasteiger partial charge < -0.3 is 4.74 Å². The standard InChI is InChI=1S/C22H28N2O2/c1-22(2)13-16-11-21(26-3)17(14-23)10-18(16)19(24-22)12-20(25)15-8-6-4-5-7-9-15/h10-11,15H,4-9,12-13H2,1-3H3. The summed E-state index contributed by atoms with van der Waals surface area (Å²) in [6.07, 6.45) is 7.96. The van der Waals surface area contributed by atoms with Gasteiger partial charge in [0.1, 0.15) is 17.6 Å². The molecule has 4 nitrogen and oxygen atoms in total. The van der Waals surface area contributed by atoms with Crippen molar-refractivity contribution in [2.45, 2.75) is 70.8 Å². The van der Waals surface area contributed by atoms with Crippen LogP contribution >= 0.6 is 0 Å². The quantitative estimate of drug-likeness (QED) is 0.743. The van der Waals surface area contributed by atoms with Crippen LogP contribution in [0.25, 0.3) is 0 Å². The minimum atomic E-state index is -0.245. The molecule has 1 aliphatic heterocycles. The molecule has 0 atom stereocenters. The molecule has 1 fully saturated rings. The number of carbonyl (C=O) groups excluding carboxylic acids is 1. The lowest BCUT2D eigenvalue weighted by Crippen LogP contribution is -2.31. The maximum Gasteiger partial charge on any atom is 0.141 e. The summed E-state index contributed by atoms with van der Waals surface area (Å²) in [7, 11) is 1.58. The first kappa shape index (κ1) is 18.6. The molecule has 0 N–H and O–H groups in total. The number of methoxy groups -OCH3 is 1. The van der Waals surface area contributed by atoms with Crippen molar-refractivity contribution >= 4 is 11.5 Å². The van der Waals surface area contributed by atoms with E-state index in [9.17, 15) is 10.1 Å². The van der Waals surface area contributed by atoms with Gasteiger partial charge in [0, 0.05) is 17.9 Å². The molecule has 0 radical (unpaired) electrons. The fraction of sp³-hybridized carbons (Fsp3) is 0.591. The largest absolute Gasteiger partial charge is 0.495 e. The third-order valence-electron chi connectivity index (χ3n) is 5.57. The van der Waals surface area contributed by atoms with Crippen LogP contribution in [0, 0.1) is 17.2 Å². The topological polar surface area (TPSA) is 62.4 Å². The number of Topliss-reactive ketones (excluding diaryl/α,β-unsaturated/α-hetero) is 1. The van der Waals surface area contributed by atoms with E-state index in [0.717, 1.165) is 48.9 Å². The molecular weight excluding hydrogens is 324 g/mol. The molecule has 0 bridgehead atoms. The lowest BCUT2D eigenvalue weighted by Gasteiger charge is -2.30. The van der Waals surface area contributed by atoms with Gasteiger partial charge in [0.15, 0.2) is 0 Å². The normalized spacial score (nSPS) is 19.7. The van der Waals surface area contributed by atoms with Gasteiger partial charge in [-0.3, -0.25) is 9.79 Å². The summed E-state index contributed by atoms with van der Waals surface area (Å²) in [6.45, 7) is 4.19. The summed E-state index contributed by atoms with van der Waals surface area (Å²) >= 11 is 0. The van der Waals surface area contributed by atoms with Crippen molar-refractivity contribution in [2.24, 2.45) is 10.9 Å². The van der Waals surface area contributed by atoms with Crippen molar-refractivity contribution in [3.05, 3.63) is 28.8 Å². The van der Waals surface area contributed by atoms with Gasteiger partial charge in [0.05, 0.1) is 23.9 Å². The monoisotopic (exact) mass is 352 g/mol. The number of rotatable bonds is 4. The minimum Gasteiger partial charge on any atom is -0.495 e. The molecule has 1 aliphatic carbocycles. The molecule has 3 rings (SSSR count). The molecule has 1 heterocycles. The third kappa shape index (κ3) is 3.98. The zero-order chi connectivity index (χ0) is 18.7. The number of nitrogens with zero attached hydrogens (tertiary/aromatic N) is 2. The van der Waals surface area contributed by atoms with Crippen LogP contribution in [0.2, 0.25) is 0 Å². The van der Waals surface area contributed by atoms with Gasteiger partial charge in [0.2, 0.25) is 0 Å². The number of hydrogen-bond acceptors (Lipinski definition) is 4. The fourth-order valence-corrected chi connectivity index (χ4v) is 4.27. The van der Waals surface area contributed by atoms with Crippen molar-refractivity contribution in [1.29, 1.82) is 5.26 Å². The molecule has 0 aromatic heterocycles. The van der Waals surface area contributed by atoms with Crippen LogP contribution in [0.15, 0.2) is 17.1 Å². The van der Waals surface area contributed by atoms with E-state index >= 15 is 0 Å². The van der Waals surface area contributed by atoms with Gasteiger partial charge in [-0.25, -0.2) is 0 Å². The molecule has 26 heavy (non-hydrogen) atoms. The highest BCUT2D eigenvalue weighted by Crippen LogP contribution is 2.34. The number of nitriles is 1. The van der Waals surface area contributed by atoms with Crippen LogP contribution in [0.1, 0.15) is 75.5 Å². The highest BCUT2D eigenvalue weighted by atomic mass is 16.5. The number of fused-ring (bicyclic) bond motifs is 1. The summed E-state index contributed by atoms with van der Waals surface area (Å²) < 4.78 is 5.37. The fourth-order valence-electron chi connectivity index (χ4n) is 4.27. The molecule has 2 aliphatic rings. The molecule has 0 amide bonds. The average molecular weight is 352 g/mol. The summed E-state index contributed by atoms with van der Waals surface area (Å²) in [5.74, 6) is 1.07. The van der Waals surface area contributed by atoms with Crippen molar-refractivity contribution in [3.8, 4) is 11.8 Å². The van der Waals surface area contributed by atoms with Crippen molar-refractivity contribution in [3.63, 3.8) is 0 Å². The van der Waals surface area contributed by atoms with Gasteiger partial charge in [-0.05, 0) is 50.8 Å². The number of ketones is 1. The number of benzene rings is 1. The Morgan fingerprint density at radius 3 is 2.58 bits per heavy atom. The molecule has 1 aromatic carbocycles. The summed E-state index contributed by atoms with van der Waals surface area (Å²) in [5, 5.41) is 9.42. The van der Waals surface area contributed by atoms with Crippen molar-refractivity contribution in [1.82, 2.24) is 0 Å². The molecule has 138 valence electrons. The molecule has 4 heteroatoms.